The van der Waals surface area contributed by atoms with Crippen LogP contribution in [-0.4, -0.2) is 0 Å². The first-order valence-electron chi connectivity index (χ1n) is 5.27. The molecule has 0 nitrogen and oxygen atoms in total. The zero-order valence-electron chi connectivity index (χ0n) is 9.37. The van der Waals surface area contributed by atoms with Crippen LogP contribution in [0.1, 0.15) is 11.1 Å². The molecule has 2 rings (SSSR count). The van der Waals surface area contributed by atoms with Crippen molar-refractivity contribution >= 4 is 45.2 Å². The molecule has 2 aromatic carbocycles. The summed E-state index contributed by atoms with van der Waals surface area (Å²) in [5.74, 6) is 11.8. The summed E-state index contributed by atoms with van der Waals surface area (Å²) in [5.41, 5.74) is 1.99. The fourth-order valence-corrected chi connectivity index (χ4v) is 1.99. The predicted molar refractivity (Wildman–Crippen MR) is 92.1 cm³/mol. The molecule has 0 aliphatic heterocycles. The summed E-state index contributed by atoms with van der Waals surface area (Å²) in [6.07, 6.45) is 0. The monoisotopic (exact) mass is 454 g/mol. The van der Waals surface area contributed by atoms with Crippen LogP contribution in [0.5, 0.6) is 0 Å². The van der Waals surface area contributed by atoms with Gasteiger partial charge in [-0.15, -0.1) is 0 Å². The Labute approximate surface area is 134 Å². The SMILES string of the molecule is Ic1ccc(C#CC#Cc2ccc(I)cc2)cc1. The van der Waals surface area contributed by atoms with Crippen LogP contribution in [0.4, 0.5) is 0 Å². The normalized spacial score (nSPS) is 8.78. The largest absolute Gasteiger partial charge is 0.0528 e. The lowest BCUT2D eigenvalue weighted by molar-refractivity contribution is 1.60. The Morgan fingerprint density at radius 1 is 0.556 bits per heavy atom. The van der Waals surface area contributed by atoms with E-state index < -0.39 is 0 Å². The number of benzene rings is 2. The molecule has 0 aliphatic rings. The number of hydrogen-bond acceptors (Lipinski definition) is 0. The first kappa shape index (κ1) is 13.5. The van der Waals surface area contributed by atoms with Crippen LogP contribution in [0.15, 0.2) is 48.5 Å². The minimum absolute atomic E-state index is 0.993. The molecule has 0 atom stereocenters. The molecule has 0 radical (unpaired) electrons. The van der Waals surface area contributed by atoms with Crippen LogP contribution in [0.3, 0.4) is 0 Å². The number of hydrogen-bond donors (Lipinski definition) is 0. The molecule has 0 saturated carbocycles. The lowest BCUT2D eigenvalue weighted by Gasteiger charge is -1.89. The molecular formula is C16H8I2. The van der Waals surface area contributed by atoms with E-state index in [0.29, 0.717) is 0 Å². The van der Waals surface area contributed by atoms with Gasteiger partial charge in [-0.2, -0.15) is 0 Å². The molecule has 0 bridgehead atoms. The molecule has 0 aromatic heterocycles. The van der Waals surface area contributed by atoms with Crippen molar-refractivity contribution in [2.75, 3.05) is 0 Å². The first-order chi connectivity index (χ1) is 8.74. The summed E-state index contributed by atoms with van der Waals surface area (Å²) in [7, 11) is 0. The van der Waals surface area contributed by atoms with Crippen LogP contribution in [0, 0.1) is 30.8 Å². The van der Waals surface area contributed by atoms with Crippen molar-refractivity contribution < 1.29 is 0 Å². The Morgan fingerprint density at radius 2 is 0.889 bits per heavy atom. The second-order valence-electron chi connectivity index (χ2n) is 3.51. The second-order valence-corrected chi connectivity index (χ2v) is 6.01. The van der Waals surface area contributed by atoms with E-state index in [0.717, 1.165) is 11.1 Å². The van der Waals surface area contributed by atoms with Gasteiger partial charge in [0.15, 0.2) is 0 Å². The third-order valence-electron chi connectivity index (χ3n) is 2.16. The van der Waals surface area contributed by atoms with Crippen LogP contribution < -0.4 is 0 Å². The van der Waals surface area contributed by atoms with Gasteiger partial charge in [0.25, 0.3) is 0 Å². The van der Waals surface area contributed by atoms with Gasteiger partial charge in [-0.1, -0.05) is 11.8 Å². The van der Waals surface area contributed by atoms with Crippen molar-refractivity contribution in [1.82, 2.24) is 0 Å². The molecular weight excluding hydrogens is 446 g/mol. The summed E-state index contributed by atoms with van der Waals surface area (Å²) < 4.78 is 2.42. The lowest BCUT2D eigenvalue weighted by Crippen LogP contribution is -1.75. The Kier molecular flexibility index (Phi) is 5.10. The fraction of sp³-hybridized carbons (Fsp3) is 0. The van der Waals surface area contributed by atoms with Gasteiger partial charge in [0.2, 0.25) is 0 Å². The van der Waals surface area contributed by atoms with Gasteiger partial charge in [0.05, 0.1) is 0 Å². The van der Waals surface area contributed by atoms with Crippen molar-refractivity contribution in [3.05, 3.63) is 66.8 Å². The molecule has 2 aromatic rings. The third kappa shape index (κ3) is 4.36. The van der Waals surface area contributed by atoms with Crippen LogP contribution in [-0.2, 0) is 0 Å². The first-order valence-corrected chi connectivity index (χ1v) is 7.43. The van der Waals surface area contributed by atoms with Crippen molar-refractivity contribution in [3.63, 3.8) is 0 Å². The summed E-state index contributed by atoms with van der Waals surface area (Å²) >= 11 is 4.55. The van der Waals surface area contributed by atoms with Gasteiger partial charge in [-0.05, 0) is 106 Å². The second kappa shape index (κ2) is 6.82. The zero-order chi connectivity index (χ0) is 12.8. The van der Waals surface area contributed by atoms with E-state index in [4.69, 9.17) is 0 Å². The standard InChI is InChI=1S/C16H8I2/c17-15-9-5-13(6-10-15)3-1-2-4-14-7-11-16(18)12-8-14/h5-12H. The highest BCUT2D eigenvalue weighted by Crippen LogP contribution is 2.06. The van der Waals surface area contributed by atoms with Gasteiger partial charge in [-0.3, -0.25) is 0 Å². The van der Waals surface area contributed by atoms with Crippen LogP contribution in [0.25, 0.3) is 0 Å². The maximum atomic E-state index is 3.03. The maximum absolute atomic E-state index is 3.03. The van der Waals surface area contributed by atoms with Gasteiger partial charge in [0.1, 0.15) is 0 Å². The Bertz CT molecular complexity index is 583. The molecule has 18 heavy (non-hydrogen) atoms. The average Bonchev–Trinajstić information content (AvgIpc) is 2.39. The summed E-state index contributed by atoms with van der Waals surface area (Å²) in [5, 5.41) is 0. The minimum Gasteiger partial charge on any atom is -0.0528 e. The molecule has 0 amide bonds. The quantitative estimate of drug-likeness (QED) is 0.412. The lowest BCUT2D eigenvalue weighted by atomic mass is 10.2. The van der Waals surface area contributed by atoms with E-state index in [2.05, 4.69) is 68.9 Å². The van der Waals surface area contributed by atoms with E-state index in [1.807, 2.05) is 48.5 Å². The minimum atomic E-state index is 0.993. The topological polar surface area (TPSA) is 0 Å². The number of rotatable bonds is 0. The van der Waals surface area contributed by atoms with Gasteiger partial charge in [-0.25, -0.2) is 0 Å². The zero-order valence-corrected chi connectivity index (χ0v) is 13.7. The summed E-state index contributed by atoms with van der Waals surface area (Å²) in [6.45, 7) is 0. The molecule has 0 heterocycles. The van der Waals surface area contributed by atoms with Crippen molar-refractivity contribution in [2.24, 2.45) is 0 Å². The van der Waals surface area contributed by atoms with Gasteiger partial charge < -0.3 is 0 Å². The van der Waals surface area contributed by atoms with Crippen LogP contribution >= 0.6 is 45.2 Å². The molecule has 0 fully saturated rings. The van der Waals surface area contributed by atoms with E-state index in [9.17, 15) is 0 Å². The molecule has 0 saturated heterocycles. The highest BCUT2D eigenvalue weighted by Gasteiger charge is 1.87. The maximum Gasteiger partial charge on any atom is 0.0256 e. The smallest absolute Gasteiger partial charge is 0.0256 e. The molecule has 2 heteroatoms. The van der Waals surface area contributed by atoms with E-state index in [1.54, 1.807) is 0 Å². The average molecular weight is 454 g/mol. The summed E-state index contributed by atoms with van der Waals surface area (Å²) in [4.78, 5) is 0. The van der Waals surface area contributed by atoms with E-state index in [1.165, 1.54) is 7.14 Å². The molecule has 0 N–H and O–H groups in total. The Balaban J connectivity index is 2.09. The van der Waals surface area contributed by atoms with Crippen LogP contribution in [0.2, 0.25) is 0 Å². The fourth-order valence-electron chi connectivity index (χ4n) is 1.27. The van der Waals surface area contributed by atoms with Gasteiger partial charge >= 0.3 is 0 Å². The molecule has 0 spiro atoms. The van der Waals surface area contributed by atoms with Gasteiger partial charge in [0, 0.05) is 18.3 Å². The highest BCUT2D eigenvalue weighted by molar-refractivity contribution is 14.1. The Hall–Kier alpha value is -0.980. The van der Waals surface area contributed by atoms with E-state index in [-0.39, 0.29) is 0 Å². The Morgan fingerprint density at radius 3 is 1.22 bits per heavy atom. The molecule has 0 aliphatic carbocycles. The van der Waals surface area contributed by atoms with Crippen molar-refractivity contribution in [3.8, 4) is 23.7 Å². The third-order valence-corrected chi connectivity index (χ3v) is 3.60. The van der Waals surface area contributed by atoms with Crippen molar-refractivity contribution in [1.29, 1.82) is 0 Å². The number of halogens is 2. The molecule has 86 valence electrons. The molecule has 0 unspecified atom stereocenters. The predicted octanol–water partition coefficient (Wildman–Crippen LogP) is 4.30. The van der Waals surface area contributed by atoms with Crippen molar-refractivity contribution in [2.45, 2.75) is 0 Å². The summed E-state index contributed by atoms with van der Waals surface area (Å²) in [6, 6.07) is 16.2. The highest BCUT2D eigenvalue weighted by atomic mass is 127. The van der Waals surface area contributed by atoms with E-state index >= 15 is 0 Å².